The molecule has 3 rings (SSSR count). The fourth-order valence-corrected chi connectivity index (χ4v) is 2.86. The van der Waals surface area contributed by atoms with Crippen LogP contribution in [0.5, 0.6) is 0 Å². The van der Waals surface area contributed by atoms with Crippen LogP contribution in [0.25, 0.3) is 0 Å². The molecule has 0 bridgehead atoms. The molecule has 6 heteroatoms. The molecule has 0 amide bonds. The van der Waals surface area contributed by atoms with Crippen LogP contribution >= 0.6 is 0 Å². The van der Waals surface area contributed by atoms with Crippen LogP contribution < -0.4 is 0 Å². The minimum absolute atomic E-state index is 0.00465. The van der Waals surface area contributed by atoms with Crippen LogP contribution in [0.4, 0.5) is 13.2 Å². The van der Waals surface area contributed by atoms with E-state index in [0.717, 1.165) is 25.3 Å². The van der Waals surface area contributed by atoms with Crippen molar-refractivity contribution in [3.8, 4) is 6.07 Å². The molecule has 0 spiro atoms. The summed E-state index contributed by atoms with van der Waals surface area (Å²) in [6.07, 6.45) is -1.78. The first-order chi connectivity index (χ1) is 9.50. The number of alkyl halides is 3. The van der Waals surface area contributed by atoms with Crippen molar-refractivity contribution in [2.24, 2.45) is 11.1 Å². The Balaban J connectivity index is 2.02. The zero-order valence-corrected chi connectivity index (χ0v) is 10.4. The van der Waals surface area contributed by atoms with E-state index in [2.05, 4.69) is 5.16 Å². The van der Waals surface area contributed by atoms with E-state index in [9.17, 15) is 13.2 Å². The van der Waals surface area contributed by atoms with Gasteiger partial charge < -0.3 is 4.84 Å². The predicted molar refractivity (Wildman–Crippen MR) is 64.9 cm³/mol. The van der Waals surface area contributed by atoms with Crippen LogP contribution in [0.3, 0.4) is 0 Å². The molecule has 0 radical (unpaired) electrons. The van der Waals surface area contributed by atoms with Gasteiger partial charge in [-0.15, -0.1) is 0 Å². The summed E-state index contributed by atoms with van der Waals surface area (Å²) in [5, 5.41) is 12.7. The summed E-state index contributed by atoms with van der Waals surface area (Å²) in [7, 11) is 0. The molecule has 0 aromatic heterocycles. The third-order valence-corrected chi connectivity index (χ3v) is 3.83. The molecule has 2 aliphatic rings. The van der Waals surface area contributed by atoms with Crippen LogP contribution in [0.1, 0.15) is 36.0 Å². The minimum atomic E-state index is -4.55. The molecule has 20 heavy (non-hydrogen) atoms. The molecule has 1 fully saturated rings. The van der Waals surface area contributed by atoms with Crippen LogP contribution in [-0.2, 0) is 11.0 Å². The number of fused-ring (bicyclic) bond motifs is 1. The first kappa shape index (κ1) is 13.0. The van der Waals surface area contributed by atoms with E-state index in [0.29, 0.717) is 11.3 Å². The van der Waals surface area contributed by atoms with E-state index in [1.165, 1.54) is 12.1 Å². The monoisotopic (exact) mass is 280 g/mol. The first-order valence-corrected chi connectivity index (χ1v) is 6.36. The Bertz CT molecular complexity index is 616. The van der Waals surface area contributed by atoms with E-state index in [4.69, 9.17) is 10.1 Å². The fraction of sp³-hybridized carbons (Fsp3) is 0.429. The Morgan fingerprint density at radius 3 is 2.80 bits per heavy atom. The normalized spacial score (nSPS) is 24.8. The molecule has 1 aromatic carbocycles. The fourth-order valence-electron chi connectivity index (χ4n) is 2.86. The summed E-state index contributed by atoms with van der Waals surface area (Å²) in [5.74, 6) is 0.0732. The van der Waals surface area contributed by atoms with Crippen molar-refractivity contribution in [3.05, 3.63) is 34.9 Å². The van der Waals surface area contributed by atoms with Crippen LogP contribution in [0, 0.1) is 17.2 Å². The van der Waals surface area contributed by atoms with Gasteiger partial charge in [0.15, 0.2) is 0 Å². The maximum atomic E-state index is 12.9. The highest BCUT2D eigenvalue weighted by Gasteiger charge is 2.40. The minimum Gasteiger partial charge on any atom is -0.392 e. The highest BCUT2D eigenvalue weighted by Crippen LogP contribution is 2.38. The molecule has 104 valence electrons. The zero-order valence-electron chi connectivity index (χ0n) is 10.4. The number of halogens is 3. The molecule has 1 aromatic rings. The lowest BCUT2D eigenvalue weighted by Crippen LogP contribution is -2.18. The SMILES string of the molecule is N#Cc1ccc(C2=NO[C@H]3CCC[C@@H]23)cc1C(F)(F)F. The second-order valence-corrected chi connectivity index (χ2v) is 5.03. The molecule has 3 nitrogen and oxygen atoms in total. The van der Waals surface area contributed by atoms with Crippen molar-refractivity contribution in [1.82, 2.24) is 0 Å². The molecule has 1 heterocycles. The number of rotatable bonds is 1. The lowest BCUT2D eigenvalue weighted by Gasteiger charge is -2.13. The van der Waals surface area contributed by atoms with E-state index < -0.39 is 11.7 Å². The molecule has 0 N–H and O–H groups in total. The van der Waals surface area contributed by atoms with Gasteiger partial charge in [0.25, 0.3) is 0 Å². The topological polar surface area (TPSA) is 45.4 Å². The number of oxime groups is 1. The van der Waals surface area contributed by atoms with Crippen molar-refractivity contribution in [3.63, 3.8) is 0 Å². The lowest BCUT2D eigenvalue weighted by molar-refractivity contribution is -0.137. The molecular weight excluding hydrogens is 269 g/mol. The summed E-state index contributed by atoms with van der Waals surface area (Å²) >= 11 is 0. The molecule has 1 aliphatic carbocycles. The average Bonchev–Trinajstić information content (AvgIpc) is 2.99. The highest BCUT2D eigenvalue weighted by molar-refractivity contribution is 6.03. The predicted octanol–water partition coefficient (Wildman–Crippen LogP) is 3.48. The largest absolute Gasteiger partial charge is 0.417 e. The van der Waals surface area contributed by atoms with Gasteiger partial charge in [-0.1, -0.05) is 11.2 Å². The summed E-state index contributed by atoms with van der Waals surface area (Å²) in [4.78, 5) is 5.27. The van der Waals surface area contributed by atoms with Crippen molar-refractivity contribution in [2.45, 2.75) is 31.5 Å². The quantitative estimate of drug-likeness (QED) is 0.790. The summed E-state index contributed by atoms with van der Waals surface area (Å²) in [6.45, 7) is 0. The molecule has 1 saturated carbocycles. The van der Waals surface area contributed by atoms with Gasteiger partial charge in [-0.05, 0) is 31.4 Å². The Hall–Kier alpha value is -2.03. The molecule has 2 atom stereocenters. The standard InChI is InChI=1S/C14H11F3N2O/c15-14(16,17)11-6-8(4-5-9(11)7-18)13-10-2-1-3-12(10)20-19-13/h4-6,10,12H,1-3H2/t10-,12+/m1/s1. The Morgan fingerprint density at radius 1 is 1.30 bits per heavy atom. The van der Waals surface area contributed by atoms with Gasteiger partial charge in [0.05, 0.1) is 22.9 Å². The Labute approximate surface area is 113 Å². The van der Waals surface area contributed by atoms with Crippen molar-refractivity contribution < 1.29 is 18.0 Å². The van der Waals surface area contributed by atoms with Crippen LogP contribution in [0.2, 0.25) is 0 Å². The molecular formula is C14H11F3N2O. The molecule has 0 saturated heterocycles. The van der Waals surface area contributed by atoms with E-state index >= 15 is 0 Å². The maximum absolute atomic E-state index is 12.9. The zero-order chi connectivity index (χ0) is 14.3. The van der Waals surface area contributed by atoms with Gasteiger partial charge in [-0.2, -0.15) is 18.4 Å². The molecule has 1 aliphatic heterocycles. The number of hydrogen-bond acceptors (Lipinski definition) is 3. The van der Waals surface area contributed by atoms with Gasteiger partial charge in [-0.25, -0.2) is 0 Å². The van der Waals surface area contributed by atoms with Gasteiger partial charge in [0.1, 0.15) is 6.10 Å². The summed E-state index contributed by atoms with van der Waals surface area (Å²) < 4.78 is 38.8. The van der Waals surface area contributed by atoms with Crippen molar-refractivity contribution in [1.29, 1.82) is 5.26 Å². The summed E-state index contributed by atoms with van der Waals surface area (Å²) in [6, 6.07) is 5.28. The maximum Gasteiger partial charge on any atom is 0.417 e. The average molecular weight is 280 g/mol. The van der Waals surface area contributed by atoms with E-state index in [1.54, 1.807) is 6.07 Å². The lowest BCUT2D eigenvalue weighted by atomic mass is 9.92. The van der Waals surface area contributed by atoms with Crippen LogP contribution in [0.15, 0.2) is 23.4 Å². The first-order valence-electron chi connectivity index (χ1n) is 6.36. The highest BCUT2D eigenvalue weighted by atomic mass is 19.4. The van der Waals surface area contributed by atoms with E-state index in [-0.39, 0.29) is 17.6 Å². The number of benzene rings is 1. The second kappa shape index (κ2) is 4.51. The summed E-state index contributed by atoms with van der Waals surface area (Å²) in [5.41, 5.74) is -0.321. The van der Waals surface area contributed by atoms with Crippen LogP contribution in [-0.4, -0.2) is 11.8 Å². The smallest absolute Gasteiger partial charge is 0.392 e. The molecule has 0 unspecified atom stereocenters. The van der Waals surface area contributed by atoms with Gasteiger partial charge in [-0.3, -0.25) is 0 Å². The number of nitriles is 1. The number of nitrogens with zero attached hydrogens (tertiary/aromatic N) is 2. The number of hydrogen-bond donors (Lipinski definition) is 0. The third kappa shape index (κ3) is 2.03. The van der Waals surface area contributed by atoms with Crippen molar-refractivity contribution >= 4 is 5.71 Å². The Kier molecular flexibility index (Phi) is 2.93. The van der Waals surface area contributed by atoms with Crippen molar-refractivity contribution in [2.75, 3.05) is 0 Å². The van der Waals surface area contributed by atoms with Gasteiger partial charge in [0, 0.05) is 11.5 Å². The second-order valence-electron chi connectivity index (χ2n) is 5.03. The third-order valence-electron chi connectivity index (χ3n) is 3.83. The Morgan fingerprint density at radius 2 is 2.10 bits per heavy atom. The van der Waals surface area contributed by atoms with E-state index in [1.807, 2.05) is 0 Å². The van der Waals surface area contributed by atoms with Gasteiger partial charge >= 0.3 is 6.18 Å². The van der Waals surface area contributed by atoms with Gasteiger partial charge in [0.2, 0.25) is 0 Å².